The van der Waals surface area contributed by atoms with E-state index in [1.165, 1.54) is 55.9 Å². The van der Waals surface area contributed by atoms with E-state index in [0.717, 1.165) is 0 Å². The van der Waals surface area contributed by atoms with E-state index in [0.29, 0.717) is 25.9 Å². The Bertz CT molecular complexity index is 2510. The van der Waals surface area contributed by atoms with Crippen molar-refractivity contribution in [2.75, 3.05) is 48.5 Å². The molecular weight excluding hydrogens is 1240 g/mol. The minimum absolute atomic E-state index is 0.0138. The zero-order valence-corrected chi connectivity index (χ0v) is 61.2. The lowest BCUT2D eigenvalue weighted by atomic mass is 9.74. The summed E-state index contributed by atoms with van der Waals surface area (Å²) >= 11 is 0. The minimum Gasteiger partial charge on any atom is -0.459 e. The Hall–Kier alpha value is -2.74. The smallest absolute Gasteiger partial charge is 0.311 e. The lowest BCUT2D eigenvalue weighted by Gasteiger charge is -2.50. The lowest BCUT2D eigenvalue weighted by molar-refractivity contribution is -0.319. The van der Waals surface area contributed by atoms with Crippen LogP contribution >= 0.6 is 0 Å². The van der Waals surface area contributed by atoms with Gasteiger partial charge in [0.05, 0.1) is 83.6 Å². The normalized spacial score (nSPS) is 47.9. The fourth-order valence-electron chi connectivity index (χ4n) is 15.8. The predicted octanol–water partition coefficient (Wildman–Crippen LogP) is 4.26. The molecule has 0 bridgehead atoms. The van der Waals surface area contributed by atoms with E-state index in [9.17, 15) is 60.0 Å². The van der Waals surface area contributed by atoms with Crippen molar-refractivity contribution in [2.24, 2.45) is 47.3 Å². The van der Waals surface area contributed by atoms with Gasteiger partial charge in [-0.25, -0.2) is 0 Å². The zero-order chi connectivity index (χ0) is 72.1. The first-order valence-corrected chi connectivity index (χ1v) is 34.6. The van der Waals surface area contributed by atoms with Gasteiger partial charge in [0, 0.05) is 88.4 Å². The molecule has 552 valence electrons. The van der Waals surface area contributed by atoms with E-state index in [2.05, 4.69) is 0 Å². The fourth-order valence-corrected chi connectivity index (χ4v) is 15.8. The minimum atomic E-state index is -2.05. The van der Waals surface area contributed by atoms with Crippen molar-refractivity contribution in [1.82, 2.24) is 9.80 Å². The summed E-state index contributed by atoms with van der Waals surface area (Å²) in [6, 6.07) is -1.06. The first-order chi connectivity index (χ1) is 44.0. The van der Waals surface area contributed by atoms with Crippen LogP contribution < -0.4 is 0 Å². The number of esters is 2. The summed E-state index contributed by atoms with van der Waals surface area (Å²) in [6.45, 7) is 30.5. The molecule has 5 fully saturated rings. The molecule has 8 N–H and O–H groups in total. The van der Waals surface area contributed by atoms with Gasteiger partial charge in [-0.2, -0.15) is 0 Å². The lowest BCUT2D eigenvalue weighted by Crippen LogP contribution is -2.61. The Balaban J connectivity index is 1.41. The summed E-state index contributed by atoms with van der Waals surface area (Å²) in [5.74, 6) is -10.1. The molecule has 0 saturated carbocycles. The van der Waals surface area contributed by atoms with Crippen molar-refractivity contribution in [3.05, 3.63) is 12.2 Å². The molecule has 25 nitrogen and oxygen atoms in total. The number of hydrogen-bond acceptors (Lipinski definition) is 25. The third-order valence-corrected chi connectivity index (χ3v) is 22.6. The highest BCUT2D eigenvalue weighted by Crippen LogP contribution is 2.44. The molecule has 0 aromatic heterocycles. The number of Topliss-reactive ketones (excluding diaryl/α,β-unsaturated/α-hetero) is 2. The van der Waals surface area contributed by atoms with Crippen LogP contribution in [-0.4, -0.2) is 267 Å². The highest BCUT2D eigenvalue weighted by Gasteiger charge is 2.56. The van der Waals surface area contributed by atoms with Crippen molar-refractivity contribution < 1.29 is 112 Å². The second-order valence-corrected chi connectivity index (χ2v) is 30.1. The fraction of sp³-hybridized carbons (Fsp3) is 0.914. The summed E-state index contributed by atoms with van der Waals surface area (Å²) in [5.41, 5.74) is -7.92. The number of nitrogens with zero attached hydrogens (tertiary/aromatic N) is 2. The molecule has 0 spiro atoms. The number of carbonyl (C=O) groups excluding carboxylic acids is 4. The zero-order valence-electron chi connectivity index (χ0n) is 61.2. The van der Waals surface area contributed by atoms with Gasteiger partial charge in [0.1, 0.15) is 53.3 Å². The number of aliphatic hydroxyl groups excluding tert-OH is 6. The van der Waals surface area contributed by atoms with Crippen LogP contribution in [-0.2, 0) is 71.3 Å². The summed E-state index contributed by atoms with van der Waals surface area (Å²) in [5, 5.41) is 94.6. The van der Waals surface area contributed by atoms with E-state index in [1.807, 2.05) is 56.8 Å². The molecular formula is C70H124N2O23. The molecule has 95 heavy (non-hydrogen) atoms. The van der Waals surface area contributed by atoms with Crippen molar-refractivity contribution in [3.63, 3.8) is 0 Å². The molecule has 5 rings (SSSR count). The average Bonchev–Trinajstić information content (AvgIpc) is 0.783. The number of likely N-dealkylation sites (N-methyl/N-ethyl adjacent to an activating group) is 2. The molecule has 0 aromatic carbocycles. The molecule has 12 unspecified atom stereocenters. The molecule has 32 atom stereocenters. The Kier molecular flexibility index (Phi) is 29.5. The molecule has 0 radical (unpaired) electrons. The van der Waals surface area contributed by atoms with Gasteiger partial charge in [0.25, 0.3) is 0 Å². The average molecular weight is 1360 g/mol. The van der Waals surface area contributed by atoms with Gasteiger partial charge in [-0.1, -0.05) is 67.5 Å². The maximum absolute atomic E-state index is 14.6. The number of ether oxygens (including phenoxy) is 11. The monoisotopic (exact) mass is 1360 g/mol. The Morgan fingerprint density at radius 1 is 0.495 bits per heavy atom. The molecule has 5 aliphatic rings. The van der Waals surface area contributed by atoms with Crippen LogP contribution in [0.4, 0.5) is 0 Å². The molecule has 0 amide bonds. The Morgan fingerprint density at radius 2 is 0.874 bits per heavy atom. The Morgan fingerprint density at radius 3 is 1.25 bits per heavy atom. The van der Waals surface area contributed by atoms with Crippen molar-refractivity contribution >= 4 is 23.5 Å². The van der Waals surface area contributed by atoms with E-state index >= 15 is 0 Å². The van der Waals surface area contributed by atoms with Crippen LogP contribution in [0.5, 0.6) is 0 Å². The number of aliphatic hydroxyl groups is 8. The van der Waals surface area contributed by atoms with Gasteiger partial charge >= 0.3 is 11.9 Å². The number of cyclic esters (lactones) is 2. The molecule has 0 aliphatic carbocycles. The summed E-state index contributed by atoms with van der Waals surface area (Å²) in [4.78, 5) is 60.9. The number of ketones is 2. The highest BCUT2D eigenvalue weighted by molar-refractivity contribution is 5.84. The first kappa shape index (κ1) is 82.9. The van der Waals surface area contributed by atoms with Crippen LogP contribution in [0.15, 0.2) is 12.2 Å². The quantitative estimate of drug-likeness (QED) is 0.0745. The van der Waals surface area contributed by atoms with Gasteiger partial charge in [-0.05, 0) is 122 Å². The first-order valence-electron chi connectivity index (χ1n) is 34.6. The maximum Gasteiger partial charge on any atom is 0.311 e. The largest absolute Gasteiger partial charge is 0.459 e. The number of hydrogen-bond donors (Lipinski definition) is 8. The number of rotatable bonds is 17. The maximum atomic E-state index is 14.6. The second kappa shape index (κ2) is 33.8. The van der Waals surface area contributed by atoms with Crippen LogP contribution in [0.2, 0.25) is 0 Å². The van der Waals surface area contributed by atoms with Gasteiger partial charge < -0.3 is 93.0 Å². The predicted molar refractivity (Wildman–Crippen MR) is 350 cm³/mol. The van der Waals surface area contributed by atoms with Gasteiger partial charge in [0.2, 0.25) is 0 Å². The summed E-state index contributed by atoms with van der Waals surface area (Å²) in [7, 11) is 8.14. The van der Waals surface area contributed by atoms with Gasteiger partial charge in [-0.15, -0.1) is 0 Å². The van der Waals surface area contributed by atoms with Crippen molar-refractivity contribution in [1.29, 1.82) is 0 Å². The molecule has 5 heterocycles. The van der Waals surface area contributed by atoms with Crippen LogP contribution in [0.25, 0.3) is 0 Å². The van der Waals surface area contributed by atoms with E-state index in [-0.39, 0.29) is 43.7 Å². The van der Waals surface area contributed by atoms with E-state index in [4.69, 9.17) is 52.1 Å². The SMILES string of the molecule is CC[C@H]1OC(=O)[C@H](C)[C@@H](O)[C@H](C)[C@@H](OC2OC(C)CC(N(C)C/C=C/CN(C)C3CC(C)OC(O[C@@H]4[C@@H](C)[C@H](OC5CC(C)(OC)C(O)C(C)O5)[C@@H](C)C(=O)O[C@H](CC)[C@@](C)(O)[C@H](O)[C@@H](C)C(=O)[C@H](C)C[C@]4(C)OC)C3O)C2O)[C@@](C)(OC)C[C@@H](C)C(=O)[C@H](C)[C@@H](O)[C@]1(C)O. The summed E-state index contributed by atoms with van der Waals surface area (Å²) < 4.78 is 70.2. The second-order valence-electron chi connectivity index (χ2n) is 30.1. The molecule has 25 heteroatoms. The van der Waals surface area contributed by atoms with Gasteiger partial charge in [-0.3, -0.25) is 29.0 Å². The van der Waals surface area contributed by atoms with Crippen molar-refractivity contribution in [2.45, 2.75) is 314 Å². The molecule has 5 saturated heterocycles. The van der Waals surface area contributed by atoms with Crippen LogP contribution in [0.1, 0.15) is 170 Å². The van der Waals surface area contributed by atoms with Gasteiger partial charge in [0.15, 0.2) is 18.9 Å². The summed E-state index contributed by atoms with van der Waals surface area (Å²) in [6.07, 6.45) is -14.3. The standard InChI is InChI=1S/C70H124N2O23/c1-24-48-69(17,83)57(78)39(7)51(73)35(3)32-67(15,86-22)60(41(9)53(75)42(10)62(81)91-48)94-64-54(76)46(30-37(5)88-64)71(19)28-26-27-29-72(20)47-31-38(6)89-65(55(47)77)95-61-43(11)56(93-50-34-66(14,85-21)59(80)45(13)90-50)44(12)63(82)92-49(25-2)70(18,84)58(79)40(8)52(74)36(4)33-68(61,16)87-23/h26-27,35-50,53-61,64-65,75-80,83-84H,24-25,28-34H2,1-23H3/b27-26+/t35-,36-,37?,38?,39+,40+,41+,42-,43+,44-,45?,46?,47?,48-,49-,50?,53+,54?,55?,56+,57-,58-,59?,60-,61-,64?,65?,66?,67+,68+,69-,70-/m1/s1. The third kappa shape index (κ3) is 18.5. The third-order valence-electron chi connectivity index (χ3n) is 22.6. The van der Waals surface area contributed by atoms with Crippen LogP contribution in [0.3, 0.4) is 0 Å². The van der Waals surface area contributed by atoms with E-state index in [1.54, 1.807) is 69.2 Å². The molecule has 0 aromatic rings. The topological polar surface area (TPSA) is 338 Å². The number of methoxy groups -OCH3 is 3. The van der Waals surface area contributed by atoms with E-state index < -0.39 is 204 Å². The highest BCUT2D eigenvalue weighted by atomic mass is 16.7. The van der Waals surface area contributed by atoms with Crippen LogP contribution in [0, 0.1) is 47.3 Å². The van der Waals surface area contributed by atoms with Crippen molar-refractivity contribution in [3.8, 4) is 0 Å². The molecule has 5 aliphatic heterocycles. The Labute approximate surface area is 565 Å². The number of carbonyl (C=O) groups is 4.